The quantitative estimate of drug-likeness (QED) is 0.0285. The zero-order valence-corrected chi connectivity index (χ0v) is 28.3. The Bertz CT molecular complexity index is 690. The number of carbonyl (C=O) groups is 2. The molecule has 1 atom stereocenters. The van der Waals surface area contributed by atoms with E-state index < -0.39 is 26.5 Å². The molecule has 0 aliphatic rings. The second-order valence-electron chi connectivity index (χ2n) is 11.6. The monoisotopic (exact) mass is 637 g/mol. The lowest BCUT2D eigenvalue weighted by molar-refractivity contribution is -0.158. The number of esters is 1. The van der Waals surface area contributed by atoms with Gasteiger partial charge in [-0.25, -0.2) is 4.57 Å². The molecule has 0 unspecified atom stereocenters. The van der Waals surface area contributed by atoms with Gasteiger partial charge in [-0.1, -0.05) is 122 Å². The SMILES string of the molecule is CCCCCCCCCCCCC(=O)O[C@H](COCOCCCCCCCCCCCCCNC(C)=O)COP(=O)(O)O. The van der Waals surface area contributed by atoms with Crippen LogP contribution in [0.1, 0.15) is 155 Å². The summed E-state index contributed by atoms with van der Waals surface area (Å²) in [5.41, 5.74) is 0. The number of unbranched alkanes of at least 4 members (excludes halogenated alkanes) is 19. The van der Waals surface area contributed by atoms with Gasteiger partial charge >= 0.3 is 13.8 Å². The predicted molar refractivity (Wildman–Crippen MR) is 171 cm³/mol. The Morgan fingerprint density at radius 3 is 1.67 bits per heavy atom. The molecule has 256 valence electrons. The molecule has 0 aliphatic carbocycles. The number of nitrogens with one attached hydrogen (secondary N) is 1. The van der Waals surface area contributed by atoms with Crippen molar-refractivity contribution in [1.29, 1.82) is 0 Å². The van der Waals surface area contributed by atoms with E-state index in [4.69, 9.17) is 24.0 Å². The maximum atomic E-state index is 12.2. The van der Waals surface area contributed by atoms with Gasteiger partial charge in [0.05, 0.1) is 13.2 Å². The first-order valence-corrected chi connectivity index (χ1v) is 18.6. The van der Waals surface area contributed by atoms with E-state index >= 15 is 0 Å². The third-order valence-corrected chi connectivity index (χ3v) is 7.76. The van der Waals surface area contributed by atoms with Gasteiger partial charge in [-0.3, -0.25) is 14.1 Å². The van der Waals surface area contributed by atoms with E-state index in [-0.39, 0.29) is 25.7 Å². The van der Waals surface area contributed by atoms with Crippen LogP contribution in [0.5, 0.6) is 0 Å². The summed E-state index contributed by atoms with van der Waals surface area (Å²) in [7, 11) is -4.68. The first-order valence-electron chi connectivity index (χ1n) is 17.0. The van der Waals surface area contributed by atoms with Crippen molar-refractivity contribution in [2.45, 2.75) is 161 Å². The van der Waals surface area contributed by atoms with Gasteiger partial charge in [0.1, 0.15) is 12.9 Å². The molecule has 11 heteroatoms. The third-order valence-electron chi connectivity index (χ3n) is 7.27. The Kier molecular flexibility index (Phi) is 30.2. The summed E-state index contributed by atoms with van der Waals surface area (Å²) < 4.78 is 32.0. The minimum absolute atomic E-state index is 0.0211. The van der Waals surface area contributed by atoms with E-state index in [1.165, 1.54) is 96.3 Å². The van der Waals surface area contributed by atoms with E-state index in [2.05, 4.69) is 16.8 Å². The van der Waals surface area contributed by atoms with Crippen molar-refractivity contribution in [3.05, 3.63) is 0 Å². The van der Waals surface area contributed by atoms with Gasteiger partial charge in [0.2, 0.25) is 5.91 Å². The van der Waals surface area contributed by atoms with Crippen LogP contribution >= 0.6 is 7.82 Å². The zero-order valence-electron chi connectivity index (χ0n) is 27.4. The van der Waals surface area contributed by atoms with Crippen LogP contribution in [-0.2, 0) is 32.9 Å². The fourth-order valence-corrected chi connectivity index (χ4v) is 5.14. The minimum Gasteiger partial charge on any atom is -0.457 e. The molecule has 0 saturated carbocycles. The second kappa shape index (κ2) is 31.0. The summed E-state index contributed by atoms with van der Waals surface area (Å²) in [6, 6.07) is 0. The van der Waals surface area contributed by atoms with E-state index in [1.807, 2.05) is 0 Å². The normalized spacial score (nSPS) is 12.4. The summed E-state index contributed by atoms with van der Waals surface area (Å²) in [6.45, 7) is 4.66. The molecule has 0 aromatic carbocycles. The highest BCUT2D eigenvalue weighted by atomic mass is 31.2. The second-order valence-corrected chi connectivity index (χ2v) is 12.8. The average molecular weight is 638 g/mol. The molecule has 0 bridgehead atoms. The molecular formula is C32H64NO9P. The highest BCUT2D eigenvalue weighted by Gasteiger charge is 2.21. The molecule has 0 fully saturated rings. The maximum Gasteiger partial charge on any atom is 0.469 e. The van der Waals surface area contributed by atoms with Crippen LogP contribution in [0.2, 0.25) is 0 Å². The van der Waals surface area contributed by atoms with Gasteiger partial charge in [0, 0.05) is 26.5 Å². The van der Waals surface area contributed by atoms with Crippen LogP contribution in [0.15, 0.2) is 0 Å². The van der Waals surface area contributed by atoms with Crippen LogP contribution in [0.25, 0.3) is 0 Å². The minimum atomic E-state index is -4.68. The number of rotatable bonds is 33. The fourth-order valence-electron chi connectivity index (χ4n) is 4.78. The van der Waals surface area contributed by atoms with Crippen LogP contribution in [-0.4, -0.2) is 60.9 Å². The average Bonchev–Trinajstić information content (AvgIpc) is 2.95. The van der Waals surface area contributed by atoms with Crippen molar-refractivity contribution in [2.24, 2.45) is 0 Å². The molecule has 0 rings (SSSR count). The summed E-state index contributed by atoms with van der Waals surface area (Å²) >= 11 is 0. The van der Waals surface area contributed by atoms with Gasteiger partial charge in [-0.05, 0) is 19.3 Å². The van der Waals surface area contributed by atoms with Crippen molar-refractivity contribution >= 4 is 19.7 Å². The van der Waals surface area contributed by atoms with Crippen LogP contribution in [0, 0.1) is 0 Å². The van der Waals surface area contributed by atoms with E-state index in [1.54, 1.807) is 6.92 Å². The van der Waals surface area contributed by atoms with Crippen molar-refractivity contribution < 1.29 is 42.7 Å². The van der Waals surface area contributed by atoms with E-state index in [0.717, 1.165) is 45.1 Å². The molecule has 0 saturated heterocycles. The lowest BCUT2D eigenvalue weighted by Gasteiger charge is -2.18. The molecule has 43 heavy (non-hydrogen) atoms. The van der Waals surface area contributed by atoms with E-state index in [9.17, 15) is 14.2 Å². The Labute approximate surface area is 262 Å². The molecule has 10 nitrogen and oxygen atoms in total. The lowest BCUT2D eigenvalue weighted by atomic mass is 10.1. The number of amides is 1. The Balaban J connectivity index is 3.77. The zero-order chi connectivity index (χ0) is 31.9. The van der Waals surface area contributed by atoms with Crippen LogP contribution < -0.4 is 5.32 Å². The summed E-state index contributed by atoms with van der Waals surface area (Å²) in [5.74, 6) is -0.367. The summed E-state index contributed by atoms with van der Waals surface area (Å²) in [6.07, 6.45) is 24.0. The standard InChI is InChI=1S/C32H64NO9P/c1-3-4-5-6-7-8-12-15-18-21-24-32(35)42-31(28-41-43(36,37)38)27-40-29-39-26-23-20-17-14-11-9-10-13-16-19-22-25-33-30(2)34/h31H,3-29H2,1-2H3,(H,33,34)(H2,36,37,38)/t31-/m1/s1. The molecular weight excluding hydrogens is 573 g/mol. The first-order chi connectivity index (χ1) is 20.7. The predicted octanol–water partition coefficient (Wildman–Crippen LogP) is 7.74. The third kappa shape index (κ3) is 35.3. The molecule has 0 aromatic heterocycles. The topological polar surface area (TPSA) is 141 Å². The number of hydrogen-bond acceptors (Lipinski definition) is 7. The maximum absolute atomic E-state index is 12.2. The van der Waals surface area contributed by atoms with Gasteiger partial charge in [0.15, 0.2) is 0 Å². The molecule has 0 spiro atoms. The highest BCUT2D eigenvalue weighted by Crippen LogP contribution is 2.35. The Morgan fingerprint density at radius 2 is 1.16 bits per heavy atom. The molecule has 0 radical (unpaired) electrons. The smallest absolute Gasteiger partial charge is 0.457 e. The van der Waals surface area contributed by atoms with Crippen LogP contribution in [0.4, 0.5) is 0 Å². The summed E-state index contributed by atoms with van der Waals surface area (Å²) in [4.78, 5) is 41.1. The summed E-state index contributed by atoms with van der Waals surface area (Å²) in [5, 5.41) is 2.83. The fraction of sp³-hybridized carbons (Fsp3) is 0.938. The van der Waals surface area contributed by atoms with Gasteiger partial charge in [0.25, 0.3) is 0 Å². The number of hydrogen-bond donors (Lipinski definition) is 3. The van der Waals surface area contributed by atoms with Crippen LogP contribution in [0.3, 0.4) is 0 Å². The number of phosphoric ester groups is 1. The molecule has 0 heterocycles. The highest BCUT2D eigenvalue weighted by molar-refractivity contribution is 7.46. The van der Waals surface area contributed by atoms with Gasteiger partial charge in [-0.15, -0.1) is 0 Å². The largest absolute Gasteiger partial charge is 0.469 e. The Morgan fingerprint density at radius 1 is 0.674 bits per heavy atom. The van der Waals surface area contributed by atoms with Gasteiger partial charge in [-0.2, -0.15) is 0 Å². The Hall–Kier alpha value is -1.03. The molecule has 0 aliphatic heterocycles. The first kappa shape index (κ1) is 42.0. The number of ether oxygens (including phenoxy) is 3. The van der Waals surface area contributed by atoms with Gasteiger partial charge < -0.3 is 29.3 Å². The van der Waals surface area contributed by atoms with E-state index in [0.29, 0.717) is 6.61 Å². The van der Waals surface area contributed by atoms with Crippen molar-refractivity contribution in [3.63, 3.8) is 0 Å². The van der Waals surface area contributed by atoms with Crippen molar-refractivity contribution in [3.8, 4) is 0 Å². The number of carbonyl (C=O) groups excluding carboxylic acids is 2. The number of phosphoric acid groups is 1. The molecule has 1 amide bonds. The van der Waals surface area contributed by atoms with Crippen molar-refractivity contribution in [2.75, 3.05) is 33.2 Å². The molecule has 3 N–H and O–H groups in total. The lowest BCUT2D eigenvalue weighted by Crippen LogP contribution is -2.28. The van der Waals surface area contributed by atoms with Crippen molar-refractivity contribution in [1.82, 2.24) is 5.32 Å². The molecule has 0 aromatic rings.